The highest BCUT2D eigenvalue weighted by molar-refractivity contribution is 8.00. The van der Waals surface area contributed by atoms with Crippen molar-refractivity contribution in [2.24, 2.45) is 0 Å². The van der Waals surface area contributed by atoms with Crippen molar-refractivity contribution in [3.8, 4) is 0 Å². The summed E-state index contributed by atoms with van der Waals surface area (Å²) in [4.78, 5) is 25.7. The molecular weight excluding hydrogens is 368 g/mol. The van der Waals surface area contributed by atoms with Crippen LogP contribution in [0.2, 0.25) is 0 Å². The molecule has 1 aliphatic rings. The monoisotopic (exact) mass is 396 g/mol. The van der Waals surface area contributed by atoms with E-state index in [0.717, 1.165) is 17.7 Å². The summed E-state index contributed by atoms with van der Waals surface area (Å²) >= 11 is 1.54. The molecule has 3 rings (SSSR count). The number of anilines is 1. The molecule has 0 spiro atoms. The number of aryl methyl sites for hydroxylation is 1. The second kappa shape index (κ2) is 8.39. The molecule has 0 radical (unpaired) electrons. The Kier molecular flexibility index (Phi) is 6.14. The highest BCUT2D eigenvalue weighted by Crippen LogP contribution is 2.29. The minimum absolute atomic E-state index is 0.0761. The molecule has 2 aromatic rings. The zero-order valence-corrected chi connectivity index (χ0v) is 17.8. The van der Waals surface area contributed by atoms with Gasteiger partial charge in [-0.2, -0.15) is 0 Å². The smallest absolute Gasteiger partial charge is 0.251 e. The molecule has 2 N–H and O–H groups in total. The first-order valence-corrected chi connectivity index (χ1v) is 10.7. The van der Waals surface area contributed by atoms with Crippen LogP contribution in [0.5, 0.6) is 0 Å². The Morgan fingerprint density at radius 1 is 1.11 bits per heavy atom. The fourth-order valence-electron chi connectivity index (χ4n) is 2.80. The Morgan fingerprint density at radius 2 is 1.86 bits per heavy atom. The lowest BCUT2D eigenvalue weighted by Crippen LogP contribution is -2.25. The number of hydrogen-bond donors (Lipinski definition) is 2. The first kappa shape index (κ1) is 20.5. The van der Waals surface area contributed by atoms with E-state index < -0.39 is 0 Å². The molecule has 0 aliphatic heterocycles. The van der Waals surface area contributed by atoms with Crippen molar-refractivity contribution in [3.63, 3.8) is 0 Å². The molecule has 2 aromatic carbocycles. The third-order valence-electron chi connectivity index (χ3n) is 4.73. The molecule has 2 amide bonds. The van der Waals surface area contributed by atoms with Gasteiger partial charge < -0.3 is 10.6 Å². The fourth-order valence-corrected chi connectivity index (χ4v) is 3.66. The van der Waals surface area contributed by atoms with Gasteiger partial charge in [0.15, 0.2) is 0 Å². The number of benzene rings is 2. The van der Waals surface area contributed by atoms with Gasteiger partial charge in [-0.05, 0) is 60.6 Å². The van der Waals surface area contributed by atoms with Crippen molar-refractivity contribution in [1.82, 2.24) is 5.32 Å². The second-order valence-corrected chi connectivity index (χ2v) is 9.41. The molecule has 0 atom stereocenters. The normalized spacial score (nSPS) is 13.9. The lowest BCUT2D eigenvalue weighted by atomic mass is 9.87. The van der Waals surface area contributed by atoms with Crippen LogP contribution in [0.15, 0.2) is 47.4 Å². The summed E-state index contributed by atoms with van der Waals surface area (Å²) in [6.07, 6.45) is 2.10. The Bertz CT molecular complexity index is 882. The molecule has 1 aliphatic carbocycles. The first-order valence-electron chi connectivity index (χ1n) is 9.67. The number of carbonyl (C=O) groups is 2. The van der Waals surface area contributed by atoms with Gasteiger partial charge in [0.2, 0.25) is 5.91 Å². The molecule has 1 saturated carbocycles. The molecule has 0 saturated heterocycles. The van der Waals surface area contributed by atoms with Crippen LogP contribution >= 0.6 is 11.8 Å². The van der Waals surface area contributed by atoms with Crippen molar-refractivity contribution in [2.45, 2.75) is 56.9 Å². The molecule has 4 nitrogen and oxygen atoms in total. The van der Waals surface area contributed by atoms with E-state index in [0.29, 0.717) is 23.0 Å². The van der Waals surface area contributed by atoms with Crippen LogP contribution in [-0.4, -0.2) is 23.6 Å². The van der Waals surface area contributed by atoms with E-state index in [4.69, 9.17) is 0 Å². The van der Waals surface area contributed by atoms with Gasteiger partial charge in [0.05, 0.1) is 5.75 Å². The lowest BCUT2D eigenvalue weighted by molar-refractivity contribution is -0.113. The molecular formula is C23H28N2O2S. The van der Waals surface area contributed by atoms with Gasteiger partial charge >= 0.3 is 0 Å². The average molecular weight is 397 g/mol. The van der Waals surface area contributed by atoms with Crippen LogP contribution in [0.1, 0.15) is 55.1 Å². The Balaban J connectivity index is 1.59. The third-order valence-corrected chi connectivity index (χ3v) is 5.89. The average Bonchev–Trinajstić information content (AvgIpc) is 3.44. The SMILES string of the molecule is Cc1ccc(C(C)(C)C)cc1SCC(=O)Nc1cccc(C(=O)NC2CC2)c1. The van der Waals surface area contributed by atoms with Crippen molar-refractivity contribution in [3.05, 3.63) is 59.2 Å². The maximum Gasteiger partial charge on any atom is 0.251 e. The summed E-state index contributed by atoms with van der Waals surface area (Å²) in [6.45, 7) is 8.62. The standard InChI is InChI=1S/C23H28N2O2S/c1-15-8-9-17(23(2,3)4)13-20(15)28-14-21(26)24-19-7-5-6-16(12-19)22(27)25-18-10-11-18/h5-9,12-13,18H,10-11,14H2,1-4H3,(H,24,26)(H,25,27). The molecule has 5 heteroatoms. The number of rotatable bonds is 6. The number of hydrogen-bond acceptors (Lipinski definition) is 3. The highest BCUT2D eigenvalue weighted by atomic mass is 32.2. The topological polar surface area (TPSA) is 58.2 Å². The van der Waals surface area contributed by atoms with Crippen LogP contribution in [-0.2, 0) is 10.2 Å². The second-order valence-electron chi connectivity index (χ2n) is 8.40. The van der Waals surface area contributed by atoms with Crippen molar-refractivity contribution < 1.29 is 9.59 Å². The fraction of sp³-hybridized carbons (Fsp3) is 0.391. The summed E-state index contributed by atoms with van der Waals surface area (Å²) in [7, 11) is 0. The van der Waals surface area contributed by atoms with Gasteiger partial charge in [0.1, 0.15) is 0 Å². The summed E-state index contributed by atoms with van der Waals surface area (Å²) in [6, 6.07) is 13.9. The quantitative estimate of drug-likeness (QED) is 0.682. The van der Waals surface area contributed by atoms with E-state index >= 15 is 0 Å². The zero-order valence-electron chi connectivity index (χ0n) is 17.0. The third kappa shape index (κ3) is 5.61. The largest absolute Gasteiger partial charge is 0.349 e. The summed E-state index contributed by atoms with van der Waals surface area (Å²) in [5.74, 6) is 0.167. The van der Waals surface area contributed by atoms with Gasteiger partial charge in [0, 0.05) is 22.2 Å². The van der Waals surface area contributed by atoms with E-state index in [1.54, 1.807) is 30.0 Å². The lowest BCUT2D eigenvalue weighted by Gasteiger charge is -2.20. The molecule has 148 valence electrons. The predicted octanol–water partition coefficient (Wildman–Crippen LogP) is 4.92. The molecule has 0 heterocycles. The van der Waals surface area contributed by atoms with E-state index in [9.17, 15) is 9.59 Å². The van der Waals surface area contributed by atoms with Crippen LogP contribution in [0.25, 0.3) is 0 Å². The molecule has 0 unspecified atom stereocenters. The van der Waals surface area contributed by atoms with Crippen molar-refractivity contribution in [2.75, 3.05) is 11.1 Å². The Hall–Kier alpha value is -2.27. The van der Waals surface area contributed by atoms with Crippen LogP contribution < -0.4 is 10.6 Å². The van der Waals surface area contributed by atoms with E-state index in [2.05, 4.69) is 56.5 Å². The molecule has 0 bridgehead atoms. The number of thioether (sulfide) groups is 1. The van der Waals surface area contributed by atoms with Crippen LogP contribution in [0, 0.1) is 6.92 Å². The summed E-state index contributed by atoms with van der Waals surface area (Å²) in [5, 5.41) is 5.87. The number of nitrogens with one attached hydrogen (secondary N) is 2. The maximum atomic E-state index is 12.4. The molecule has 0 aromatic heterocycles. The van der Waals surface area contributed by atoms with Gasteiger partial charge in [-0.1, -0.05) is 39.0 Å². The summed E-state index contributed by atoms with van der Waals surface area (Å²) < 4.78 is 0. The number of amides is 2. The minimum atomic E-state index is -0.0809. The predicted molar refractivity (Wildman–Crippen MR) is 116 cm³/mol. The number of carbonyl (C=O) groups excluding carboxylic acids is 2. The van der Waals surface area contributed by atoms with Gasteiger partial charge in [-0.15, -0.1) is 11.8 Å². The van der Waals surface area contributed by atoms with E-state index in [1.165, 1.54) is 11.1 Å². The van der Waals surface area contributed by atoms with E-state index in [-0.39, 0.29) is 17.2 Å². The highest BCUT2D eigenvalue weighted by Gasteiger charge is 2.23. The Morgan fingerprint density at radius 3 is 2.54 bits per heavy atom. The summed E-state index contributed by atoms with van der Waals surface area (Å²) in [5.41, 5.74) is 3.73. The molecule has 1 fully saturated rings. The Labute approximate surface area is 171 Å². The van der Waals surface area contributed by atoms with Gasteiger partial charge in [0.25, 0.3) is 5.91 Å². The minimum Gasteiger partial charge on any atom is -0.349 e. The van der Waals surface area contributed by atoms with Gasteiger partial charge in [-0.25, -0.2) is 0 Å². The van der Waals surface area contributed by atoms with Gasteiger partial charge in [-0.3, -0.25) is 9.59 Å². The maximum absolute atomic E-state index is 12.4. The van der Waals surface area contributed by atoms with Crippen LogP contribution in [0.4, 0.5) is 5.69 Å². The van der Waals surface area contributed by atoms with Crippen molar-refractivity contribution in [1.29, 1.82) is 0 Å². The first-order chi connectivity index (χ1) is 13.2. The van der Waals surface area contributed by atoms with Crippen LogP contribution in [0.3, 0.4) is 0 Å². The van der Waals surface area contributed by atoms with Crippen molar-refractivity contribution >= 4 is 29.3 Å². The molecule has 28 heavy (non-hydrogen) atoms. The van der Waals surface area contributed by atoms with E-state index in [1.807, 2.05) is 6.07 Å². The zero-order chi connectivity index (χ0) is 20.3.